The van der Waals surface area contributed by atoms with Gasteiger partial charge in [-0.3, -0.25) is 4.98 Å². The van der Waals surface area contributed by atoms with Crippen molar-refractivity contribution in [2.45, 2.75) is 50.8 Å². The van der Waals surface area contributed by atoms with E-state index >= 15 is 0 Å². The van der Waals surface area contributed by atoms with Crippen LogP contribution in [0.2, 0.25) is 0 Å². The number of hydrogen-bond acceptors (Lipinski definition) is 3. The maximum absolute atomic E-state index is 4.86. The van der Waals surface area contributed by atoms with Gasteiger partial charge in [0.05, 0.1) is 0 Å². The Labute approximate surface area is 306 Å². The van der Waals surface area contributed by atoms with Crippen LogP contribution in [0, 0.1) is 38.8 Å². The summed E-state index contributed by atoms with van der Waals surface area (Å²) in [5.74, 6) is 0.645. The Kier molecular flexibility index (Phi) is 9.15. The first-order valence-corrected chi connectivity index (χ1v) is 17.5. The Hall–Kier alpha value is -4.34. The number of pyridine rings is 2. The van der Waals surface area contributed by atoms with Crippen LogP contribution >= 0.6 is 11.8 Å². The zero-order chi connectivity index (χ0) is 32.9. The van der Waals surface area contributed by atoms with Gasteiger partial charge in [-0.1, -0.05) is 91.9 Å². The monoisotopic (exact) mass is 829 g/mol. The maximum Gasteiger partial charge on any atom is 0.0192 e. The molecule has 49 heavy (non-hydrogen) atoms. The number of benzene rings is 6. The number of nitrogens with zero attached hydrogens (tertiary/aromatic N) is 2. The van der Waals surface area contributed by atoms with Crippen molar-refractivity contribution < 1.29 is 20.1 Å². The van der Waals surface area contributed by atoms with Crippen LogP contribution in [-0.4, -0.2) is 9.97 Å². The summed E-state index contributed by atoms with van der Waals surface area (Å²) in [6.45, 7) is 10.8. The number of aromatic nitrogens is 2. The summed E-state index contributed by atoms with van der Waals surface area (Å²) in [5.41, 5.74) is 9.37. The van der Waals surface area contributed by atoms with E-state index in [1.165, 1.54) is 69.7 Å². The molecule has 0 spiro atoms. The molecule has 0 amide bonds. The Morgan fingerprint density at radius 3 is 2.35 bits per heavy atom. The average Bonchev–Trinajstić information content (AvgIpc) is 3.09. The molecule has 0 fully saturated rings. The quantitative estimate of drug-likeness (QED) is 0.131. The first kappa shape index (κ1) is 33.2. The number of fused-ring (bicyclic) bond motifs is 7. The average molecular weight is 829 g/mol. The molecular formula is C45H36IrN2S-2. The van der Waals surface area contributed by atoms with Crippen LogP contribution in [-0.2, 0) is 26.5 Å². The number of hydrogen-bond donors (Lipinski definition) is 0. The van der Waals surface area contributed by atoms with Gasteiger partial charge in [-0.2, -0.15) is 0 Å². The van der Waals surface area contributed by atoms with E-state index in [0.29, 0.717) is 5.92 Å². The molecule has 0 N–H and O–H groups in total. The first-order valence-electron chi connectivity index (χ1n) is 16.6. The summed E-state index contributed by atoms with van der Waals surface area (Å²) in [6, 6.07) is 42.0. The van der Waals surface area contributed by atoms with Gasteiger partial charge < -0.3 is 4.98 Å². The third-order valence-electron chi connectivity index (χ3n) is 9.36. The maximum atomic E-state index is 4.86. The van der Waals surface area contributed by atoms with E-state index in [4.69, 9.17) is 4.98 Å². The third kappa shape index (κ3) is 6.30. The Bertz CT molecular complexity index is 2520. The first-order chi connectivity index (χ1) is 23.3. The Morgan fingerprint density at radius 2 is 1.55 bits per heavy atom. The van der Waals surface area contributed by atoms with Crippen LogP contribution in [0.3, 0.4) is 0 Å². The van der Waals surface area contributed by atoms with Gasteiger partial charge in [-0.15, -0.1) is 70.7 Å². The van der Waals surface area contributed by atoms with Crippen molar-refractivity contribution in [1.29, 1.82) is 0 Å². The van der Waals surface area contributed by atoms with Gasteiger partial charge in [0.2, 0.25) is 0 Å². The van der Waals surface area contributed by atoms with Crippen molar-refractivity contribution in [2.24, 2.45) is 5.92 Å². The Balaban J connectivity index is 0.000000200. The molecule has 1 aliphatic heterocycles. The number of rotatable bonds is 3. The molecule has 1 aliphatic rings. The van der Waals surface area contributed by atoms with Crippen molar-refractivity contribution in [3.8, 4) is 22.5 Å². The normalized spacial score (nSPS) is 11.8. The van der Waals surface area contributed by atoms with Crippen LogP contribution in [0.1, 0.15) is 36.1 Å². The molecule has 243 valence electrons. The minimum atomic E-state index is 0. The molecule has 4 heteroatoms. The summed E-state index contributed by atoms with van der Waals surface area (Å²) in [5, 5.41) is 10.2. The molecule has 2 nitrogen and oxygen atoms in total. The molecule has 3 heterocycles. The zero-order valence-electron chi connectivity index (χ0n) is 28.3. The molecule has 8 aromatic rings. The van der Waals surface area contributed by atoms with Crippen LogP contribution in [0.5, 0.6) is 0 Å². The summed E-state index contributed by atoms with van der Waals surface area (Å²) in [4.78, 5) is 11.8. The minimum Gasteiger partial charge on any atom is -0.304 e. The van der Waals surface area contributed by atoms with Crippen molar-refractivity contribution in [1.82, 2.24) is 9.97 Å². The van der Waals surface area contributed by atoms with E-state index in [0.717, 1.165) is 34.3 Å². The van der Waals surface area contributed by atoms with Gasteiger partial charge in [0.25, 0.3) is 0 Å². The Morgan fingerprint density at radius 1 is 0.714 bits per heavy atom. The molecule has 2 aromatic heterocycles. The second-order valence-corrected chi connectivity index (χ2v) is 14.5. The summed E-state index contributed by atoms with van der Waals surface area (Å²) in [6.07, 6.45) is 4.98. The molecule has 6 aromatic carbocycles. The SMILES string of the molecule is CC(C)Cc1ccc2ccc3c4ccnc5c4c(cc3c2c1)Sc1cc2ccccc2[c-]c1-5.Cc1c[c-]c(-c2cc(C)c(C)cn2)cc1.[Ir]. The zero-order valence-corrected chi connectivity index (χ0v) is 31.5. The molecule has 9 rings (SSSR count). The molecule has 1 radical (unpaired) electrons. The molecule has 0 saturated carbocycles. The van der Waals surface area contributed by atoms with E-state index in [9.17, 15) is 0 Å². The molecule has 0 saturated heterocycles. The largest absolute Gasteiger partial charge is 0.304 e. The van der Waals surface area contributed by atoms with E-state index in [-0.39, 0.29) is 20.1 Å². The van der Waals surface area contributed by atoms with Crippen molar-refractivity contribution in [3.05, 3.63) is 144 Å². The molecule has 0 unspecified atom stereocenters. The second-order valence-electron chi connectivity index (χ2n) is 13.4. The van der Waals surface area contributed by atoms with Crippen molar-refractivity contribution in [2.75, 3.05) is 0 Å². The van der Waals surface area contributed by atoms with Crippen molar-refractivity contribution >= 4 is 54.9 Å². The van der Waals surface area contributed by atoms with E-state index in [2.05, 4.69) is 143 Å². The third-order valence-corrected chi connectivity index (χ3v) is 10.4. The van der Waals surface area contributed by atoms with Crippen LogP contribution in [0.15, 0.2) is 119 Å². The van der Waals surface area contributed by atoms with Crippen LogP contribution in [0.25, 0.3) is 65.6 Å². The minimum absolute atomic E-state index is 0. The van der Waals surface area contributed by atoms with Gasteiger partial charge in [-0.05, 0) is 92.4 Å². The molecule has 0 aliphatic carbocycles. The van der Waals surface area contributed by atoms with Gasteiger partial charge in [-0.25, -0.2) is 0 Å². The fourth-order valence-corrected chi connectivity index (χ4v) is 7.90. The number of aryl methyl sites for hydroxylation is 3. The van der Waals surface area contributed by atoms with Crippen LogP contribution < -0.4 is 0 Å². The van der Waals surface area contributed by atoms with Gasteiger partial charge in [0.15, 0.2) is 0 Å². The molecule has 0 atom stereocenters. The predicted molar refractivity (Wildman–Crippen MR) is 204 cm³/mol. The predicted octanol–water partition coefficient (Wildman–Crippen LogP) is 12.3. The topological polar surface area (TPSA) is 25.8 Å². The van der Waals surface area contributed by atoms with Crippen molar-refractivity contribution in [3.63, 3.8) is 0 Å². The van der Waals surface area contributed by atoms with Crippen LogP contribution in [0.4, 0.5) is 0 Å². The molecule has 0 bridgehead atoms. The van der Waals surface area contributed by atoms with E-state index in [1.54, 1.807) is 0 Å². The van der Waals surface area contributed by atoms with Gasteiger partial charge in [0, 0.05) is 43.1 Å². The fourth-order valence-electron chi connectivity index (χ4n) is 6.74. The van der Waals surface area contributed by atoms with Gasteiger partial charge in [0.1, 0.15) is 0 Å². The summed E-state index contributed by atoms with van der Waals surface area (Å²) >= 11 is 1.86. The smallest absolute Gasteiger partial charge is 0.0192 e. The fraction of sp³-hybridized carbons (Fsp3) is 0.156. The standard InChI is InChI=1S/C31H22NS.C14H14N.Ir/c1-18(2)13-19-7-8-20-9-10-23-24-11-12-32-31-27-15-21-5-3-4-6-22(21)16-28(27)33-29(30(24)31)17-26(23)25(20)14-19;1-10-4-6-13(7-5-10)14-8-11(2)12(3)9-15-14;/h3-12,14,16-18H,13H2,1-2H3;4-6,8-9H,1-3H3;/q2*-1;. The van der Waals surface area contributed by atoms with Gasteiger partial charge >= 0.3 is 0 Å². The second kappa shape index (κ2) is 13.5. The summed E-state index contributed by atoms with van der Waals surface area (Å²) < 4.78 is 0. The van der Waals surface area contributed by atoms with E-state index in [1.807, 2.05) is 30.2 Å². The van der Waals surface area contributed by atoms with E-state index < -0.39 is 0 Å². The summed E-state index contributed by atoms with van der Waals surface area (Å²) in [7, 11) is 0. The molecular weight excluding hydrogens is 793 g/mol.